The monoisotopic (exact) mass is 542 g/mol. The Bertz CT molecular complexity index is 1240. The summed E-state index contributed by atoms with van der Waals surface area (Å²) < 4.78 is 38.1. The molecule has 7 nitrogen and oxygen atoms in total. The van der Waals surface area contributed by atoms with Crippen molar-refractivity contribution < 1.29 is 41.9 Å². The zero-order valence-corrected chi connectivity index (χ0v) is 21.3. The van der Waals surface area contributed by atoms with Gasteiger partial charge < -0.3 is 24.4 Å². The van der Waals surface area contributed by atoms with Gasteiger partial charge in [0, 0.05) is 17.7 Å². The van der Waals surface area contributed by atoms with Gasteiger partial charge in [-0.15, -0.1) is 0 Å². The molecule has 3 aromatic rings. The van der Waals surface area contributed by atoms with Gasteiger partial charge in [-0.2, -0.15) is 13.2 Å². The number of carbonyl (C=O) groups is 3. The fourth-order valence-electron chi connectivity index (χ4n) is 4.29. The molecule has 1 fully saturated rings. The molecule has 3 aromatic carbocycles. The van der Waals surface area contributed by atoms with Crippen molar-refractivity contribution in [1.29, 1.82) is 0 Å². The number of anilines is 1. The second-order valence-corrected chi connectivity index (χ2v) is 9.46. The first kappa shape index (κ1) is 29.4. The summed E-state index contributed by atoms with van der Waals surface area (Å²) in [5.74, 6) is -3.19. The number of Topliss-reactive ketones (excluding diaryl/α,β-unsaturated/α-hetero) is 1. The van der Waals surface area contributed by atoms with Crippen molar-refractivity contribution in [3.8, 4) is 0 Å². The summed E-state index contributed by atoms with van der Waals surface area (Å²) in [7, 11) is 2.06. The number of rotatable bonds is 8. The summed E-state index contributed by atoms with van der Waals surface area (Å²) >= 11 is 0. The summed E-state index contributed by atoms with van der Waals surface area (Å²) in [5.41, 5.74) is 2.44. The number of halogens is 3. The van der Waals surface area contributed by atoms with Crippen LogP contribution in [0, 0.1) is 0 Å². The number of nitrogens with zero attached hydrogens (tertiary/aromatic N) is 1. The number of aliphatic carboxylic acids is 1. The van der Waals surface area contributed by atoms with E-state index in [9.17, 15) is 22.8 Å². The van der Waals surface area contributed by atoms with Gasteiger partial charge in [-0.3, -0.25) is 4.79 Å². The zero-order chi connectivity index (χ0) is 28.5. The SMILES string of the molecule is C[N@@+]1(CC(=O)c2ccccc2)CCC(OC(=O)C(Nc2ccccc2)c2ccccc2)C1.O=C([O-])C(F)(F)F. The highest BCUT2D eigenvalue weighted by molar-refractivity contribution is 5.96. The minimum atomic E-state index is -5.19. The van der Waals surface area contributed by atoms with Crippen molar-refractivity contribution in [2.75, 3.05) is 32.0 Å². The number of hydrogen-bond acceptors (Lipinski definition) is 6. The quantitative estimate of drug-likeness (QED) is 0.265. The molecule has 206 valence electrons. The molecule has 1 heterocycles. The van der Waals surface area contributed by atoms with Gasteiger partial charge in [0.2, 0.25) is 5.78 Å². The second kappa shape index (κ2) is 13.1. The molecule has 10 heteroatoms. The third kappa shape index (κ3) is 8.96. The third-order valence-corrected chi connectivity index (χ3v) is 6.22. The number of carbonyl (C=O) groups excluding carboxylic acids is 3. The maximum absolute atomic E-state index is 13.2. The first-order valence-corrected chi connectivity index (χ1v) is 12.2. The molecule has 0 radical (unpaired) electrons. The third-order valence-electron chi connectivity index (χ3n) is 6.22. The van der Waals surface area contributed by atoms with Crippen LogP contribution in [0.1, 0.15) is 28.4 Å². The number of ether oxygens (including phenoxy) is 1. The number of esters is 1. The minimum Gasteiger partial charge on any atom is -0.542 e. The van der Waals surface area contributed by atoms with Crippen LogP contribution in [0.2, 0.25) is 0 Å². The van der Waals surface area contributed by atoms with Gasteiger partial charge in [-0.05, 0) is 17.7 Å². The molecule has 1 aliphatic rings. The summed E-state index contributed by atoms with van der Waals surface area (Å²) in [5, 5.41) is 12.1. The Hall–Kier alpha value is -4.18. The zero-order valence-electron chi connectivity index (χ0n) is 21.3. The predicted octanol–water partition coefficient (Wildman–Crippen LogP) is 3.78. The highest BCUT2D eigenvalue weighted by Gasteiger charge is 2.39. The number of likely N-dealkylation sites (N-methyl/N-ethyl adjacent to an activating group) is 1. The van der Waals surface area contributed by atoms with E-state index in [2.05, 4.69) is 12.4 Å². The van der Waals surface area contributed by atoms with Crippen molar-refractivity contribution in [2.24, 2.45) is 0 Å². The molecule has 2 unspecified atom stereocenters. The first-order valence-electron chi connectivity index (χ1n) is 12.2. The van der Waals surface area contributed by atoms with Crippen LogP contribution < -0.4 is 10.4 Å². The number of likely N-dealkylation sites (tertiary alicyclic amines) is 1. The highest BCUT2D eigenvalue weighted by Crippen LogP contribution is 2.25. The molecule has 1 N–H and O–H groups in total. The van der Waals surface area contributed by atoms with Crippen molar-refractivity contribution in [1.82, 2.24) is 0 Å². The van der Waals surface area contributed by atoms with E-state index in [0.29, 0.717) is 17.6 Å². The molecule has 3 atom stereocenters. The number of carboxylic acids is 1. The fraction of sp³-hybridized carbons (Fsp3) is 0.276. The normalized spacial score (nSPS) is 19.2. The lowest BCUT2D eigenvalue weighted by Crippen LogP contribution is -2.46. The molecule has 0 aliphatic carbocycles. The Balaban J connectivity index is 0.000000532. The largest absolute Gasteiger partial charge is 0.542 e. The number of para-hydroxylation sites is 1. The molecule has 0 aromatic heterocycles. The lowest BCUT2D eigenvalue weighted by atomic mass is 10.1. The number of nitrogens with one attached hydrogen (secondary N) is 1. The van der Waals surface area contributed by atoms with Gasteiger partial charge >= 0.3 is 12.1 Å². The van der Waals surface area contributed by atoms with Gasteiger partial charge in [-0.1, -0.05) is 78.9 Å². The first-order chi connectivity index (χ1) is 18.5. The smallest absolute Gasteiger partial charge is 0.430 e. The van der Waals surface area contributed by atoms with Crippen LogP contribution in [0.25, 0.3) is 0 Å². The van der Waals surface area contributed by atoms with Crippen molar-refractivity contribution >= 4 is 23.4 Å². The van der Waals surface area contributed by atoms with Crippen molar-refractivity contribution in [2.45, 2.75) is 24.7 Å². The van der Waals surface area contributed by atoms with Gasteiger partial charge in [0.1, 0.15) is 19.1 Å². The maximum Gasteiger partial charge on any atom is 0.430 e. The van der Waals surface area contributed by atoms with E-state index in [0.717, 1.165) is 29.8 Å². The minimum absolute atomic E-state index is 0.119. The van der Waals surface area contributed by atoms with E-state index in [1.54, 1.807) is 0 Å². The Labute approximate surface area is 224 Å². The van der Waals surface area contributed by atoms with Gasteiger partial charge in [0.25, 0.3) is 0 Å². The van der Waals surface area contributed by atoms with E-state index in [1.165, 1.54) is 0 Å². The maximum atomic E-state index is 13.2. The number of alkyl halides is 3. The lowest BCUT2D eigenvalue weighted by molar-refractivity contribution is -0.890. The van der Waals surface area contributed by atoms with E-state index >= 15 is 0 Å². The molecular formula is C29H29F3N2O5. The number of hydrogen-bond donors (Lipinski definition) is 1. The lowest BCUT2D eigenvalue weighted by Gasteiger charge is -2.29. The van der Waals surface area contributed by atoms with Gasteiger partial charge in [0.05, 0.1) is 13.6 Å². The van der Waals surface area contributed by atoms with Crippen molar-refractivity contribution in [3.63, 3.8) is 0 Å². The molecule has 39 heavy (non-hydrogen) atoms. The Morgan fingerprint density at radius 1 is 0.949 bits per heavy atom. The fourth-order valence-corrected chi connectivity index (χ4v) is 4.29. The highest BCUT2D eigenvalue weighted by atomic mass is 19.4. The van der Waals surface area contributed by atoms with Crippen LogP contribution in [0.5, 0.6) is 0 Å². The standard InChI is InChI=1S/C27H29N2O3.C2HF3O2/c1-29(20-25(30)21-11-5-2-6-12-21)18-17-24(19-29)32-27(31)26(22-13-7-3-8-14-22)28-23-15-9-4-10-16-23;3-2(4,5)1(6)7/h2-16,24,26,28H,17-20H2,1H3;(H,6,7)/q+1;/p-1/t24?,26?,29-;/m1./s1. The van der Waals surface area contributed by atoms with Crippen LogP contribution in [-0.2, 0) is 14.3 Å². The molecule has 0 spiro atoms. The topological polar surface area (TPSA) is 95.5 Å². The van der Waals surface area contributed by atoms with Crippen LogP contribution in [0.15, 0.2) is 91.0 Å². The number of carboxylic acid groups (broad SMARTS) is 1. The van der Waals surface area contributed by atoms with Crippen LogP contribution >= 0.6 is 0 Å². The molecule has 4 rings (SSSR count). The molecule has 0 bridgehead atoms. The summed E-state index contributed by atoms with van der Waals surface area (Å²) in [6, 6.07) is 28.1. The Kier molecular flexibility index (Phi) is 9.84. The second-order valence-electron chi connectivity index (χ2n) is 9.46. The molecule has 1 aliphatic heterocycles. The number of quaternary nitrogens is 1. The van der Waals surface area contributed by atoms with Gasteiger partial charge in [-0.25, -0.2) is 4.79 Å². The Morgan fingerprint density at radius 2 is 1.46 bits per heavy atom. The Morgan fingerprint density at radius 3 is 2.00 bits per heavy atom. The van der Waals surface area contributed by atoms with Crippen molar-refractivity contribution in [3.05, 3.63) is 102 Å². The van der Waals surface area contributed by atoms with E-state index in [4.69, 9.17) is 14.6 Å². The van der Waals surface area contributed by atoms with E-state index in [1.807, 2.05) is 91.0 Å². The van der Waals surface area contributed by atoms with Gasteiger partial charge in [0.15, 0.2) is 12.1 Å². The van der Waals surface area contributed by atoms with Crippen LogP contribution in [0.4, 0.5) is 18.9 Å². The average Bonchev–Trinajstić information content (AvgIpc) is 3.28. The number of ketones is 1. The van der Waals surface area contributed by atoms with Crippen LogP contribution in [0.3, 0.4) is 0 Å². The molecule has 0 saturated carbocycles. The molecule has 0 amide bonds. The summed E-state index contributed by atoms with van der Waals surface area (Å²) in [6.45, 7) is 1.85. The van der Waals surface area contributed by atoms with E-state index < -0.39 is 18.2 Å². The predicted molar refractivity (Wildman–Crippen MR) is 136 cm³/mol. The molecule has 1 saturated heterocycles. The van der Waals surface area contributed by atoms with E-state index in [-0.39, 0.29) is 17.9 Å². The summed E-state index contributed by atoms with van der Waals surface area (Å²) in [6.07, 6.45) is -4.66. The number of benzene rings is 3. The molecular weight excluding hydrogens is 513 g/mol. The average molecular weight is 543 g/mol. The summed E-state index contributed by atoms with van der Waals surface area (Å²) in [4.78, 5) is 34.7. The van der Waals surface area contributed by atoms with Crippen LogP contribution in [-0.4, -0.2) is 61.2 Å².